The van der Waals surface area contributed by atoms with Crippen LogP contribution >= 0.6 is 0 Å². The average Bonchev–Trinajstić information content (AvgIpc) is 3.01. The first-order valence-corrected chi connectivity index (χ1v) is 15.3. The van der Waals surface area contributed by atoms with E-state index in [9.17, 15) is 0 Å². The van der Waals surface area contributed by atoms with Gasteiger partial charge in [-0.2, -0.15) is 0 Å². The zero-order valence-electron chi connectivity index (χ0n) is 26.7. The Labute approximate surface area is 265 Å². The number of allylic oxidation sites excluding steroid dienone is 5. The summed E-state index contributed by atoms with van der Waals surface area (Å²) in [6, 6.07) is 34.9. The summed E-state index contributed by atoms with van der Waals surface area (Å²) >= 11 is 0. The van der Waals surface area contributed by atoms with Crippen LogP contribution < -0.4 is 0 Å². The van der Waals surface area contributed by atoms with Crippen LogP contribution in [0.1, 0.15) is 97.9 Å². The molecule has 0 radical (unpaired) electrons. The van der Waals surface area contributed by atoms with Gasteiger partial charge in [-0.05, 0) is 88.9 Å². The molecular formula is C43H58. The van der Waals surface area contributed by atoms with E-state index in [0.29, 0.717) is 0 Å². The van der Waals surface area contributed by atoms with Gasteiger partial charge >= 0.3 is 0 Å². The predicted molar refractivity (Wildman–Crippen MR) is 200 cm³/mol. The van der Waals surface area contributed by atoms with Crippen molar-refractivity contribution >= 4 is 11.1 Å². The Morgan fingerprint density at radius 2 is 1.12 bits per heavy atom. The van der Waals surface area contributed by atoms with Gasteiger partial charge in [0.2, 0.25) is 0 Å². The summed E-state index contributed by atoms with van der Waals surface area (Å²) in [5.74, 6) is 0. The van der Waals surface area contributed by atoms with Crippen molar-refractivity contribution in [2.75, 3.05) is 0 Å². The summed E-state index contributed by atoms with van der Waals surface area (Å²) in [6.45, 7) is 21.4. The van der Waals surface area contributed by atoms with E-state index in [1.165, 1.54) is 56.5 Å². The molecule has 0 spiro atoms. The highest BCUT2D eigenvalue weighted by Crippen LogP contribution is 2.31. The molecule has 0 aliphatic carbocycles. The Bertz CT molecular complexity index is 1400. The summed E-state index contributed by atoms with van der Waals surface area (Å²) in [5.41, 5.74) is 13.8. The smallest absolute Gasteiger partial charge is 0.0178 e. The molecule has 4 aromatic carbocycles. The summed E-state index contributed by atoms with van der Waals surface area (Å²) in [4.78, 5) is 0. The molecule has 4 aromatic rings. The molecule has 0 unspecified atom stereocenters. The third-order valence-electron chi connectivity index (χ3n) is 6.88. The molecule has 0 N–H and O–H groups in total. The van der Waals surface area contributed by atoms with E-state index in [4.69, 9.17) is 0 Å². The highest BCUT2D eigenvalue weighted by atomic mass is 14.1. The third kappa shape index (κ3) is 11.7. The second-order valence-corrected chi connectivity index (χ2v) is 10.3. The van der Waals surface area contributed by atoms with Gasteiger partial charge in [-0.1, -0.05) is 178 Å². The zero-order chi connectivity index (χ0) is 30.2. The van der Waals surface area contributed by atoms with Crippen LogP contribution in [-0.2, 0) is 0 Å². The molecule has 43 heavy (non-hydrogen) atoms. The van der Waals surface area contributed by atoms with Gasteiger partial charge in [0.15, 0.2) is 0 Å². The first kappa shape index (κ1) is 39.1. The van der Waals surface area contributed by atoms with Crippen LogP contribution in [0.15, 0.2) is 121 Å². The van der Waals surface area contributed by atoms with Gasteiger partial charge in [0.25, 0.3) is 0 Å². The number of aryl methyl sites for hydroxylation is 2. The van der Waals surface area contributed by atoms with Gasteiger partial charge in [0, 0.05) is 0 Å². The van der Waals surface area contributed by atoms with Gasteiger partial charge in [-0.3, -0.25) is 0 Å². The maximum absolute atomic E-state index is 4.28. The molecule has 0 aromatic heterocycles. The van der Waals surface area contributed by atoms with Crippen molar-refractivity contribution in [1.82, 2.24) is 0 Å². The molecule has 0 fully saturated rings. The molecule has 0 saturated heterocycles. The van der Waals surface area contributed by atoms with Crippen LogP contribution in [0.3, 0.4) is 0 Å². The van der Waals surface area contributed by atoms with Crippen molar-refractivity contribution in [3.8, 4) is 22.3 Å². The minimum Gasteiger partial charge on any atom is -0.0912 e. The SMILES string of the molecule is C.C.C=C(/C=C\C(CCC)=C(/C)c1cc(-c2ccc(-c3ccc(C)cc3)cc2)ccc1C)c1ccccc1.CC.CCC. The van der Waals surface area contributed by atoms with Crippen LogP contribution in [0.25, 0.3) is 33.4 Å². The average molecular weight is 575 g/mol. The normalized spacial score (nSPS) is 10.6. The predicted octanol–water partition coefficient (Wildman–Crippen LogP) is 14.2. The maximum atomic E-state index is 4.28. The lowest BCUT2D eigenvalue weighted by Gasteiger charge is -2.14. The van der Waals surface area contributed by atoms with Crippen molar-refractivity contribution in [2.24, 2.45) is 0 Å². The molecule has 0 heteroatoms. The Hall–Kier alpha value is -3.90. The molecular weight excluding hydrogens is 516 g/mol. The molecule has 4 rings (SSSR count). The zero-order valence-corrected chi connectivity index (χ0v) is 26.7. The third-order valence-corrected chi connectivity index (χ3v) is 6.88. The van der Waals surface area contributed by atoms with Gasteiger partial charge in [-0.15, -0.1) is 0 Å². The lowest BCUT2D eigenvalue weighted by molar-refractivity contribution is 0.927. The topological polar surface area (TPSA) is 0 Å². The van der Waals surface area contributed by atoms with Crippen molar-refractivity contribution in [3.63, 3.8) is 0 Å². The quantitative estimate of drug-likeness (QED) is 0.184. The standard InChI is InChI=1S/C36H36.C3H8.C2H6.2CH4/c1-6-10-31(19-15-27(3)30-11-8-7-9-12-30)29(5)36-25-35(20-16-28(36)4)34-23-21-33(22-24-34)32-17-13-26(2)14-18-32;1-3-2;1-2;;/h7-9,11-25H,3,6,10H2,1-2,4-5H3;3H2,1-2H3;1-2H3;2*1H4/b19-15-,31-29+;;;;. The van der Waals surface area contributed by atoms with Crippen molar-refractivity contribution < 1.29 is 0 Å². The Morgan fingerprint density at radius 3 is 1.63 bits per heavy atom. The maximum Gasteiger partial charge on any atom is -0.0178 e. The minimum atomic E-state index is 0. The lowest BCUT2D eigenvalue weighted by Crippen LogP contribution is -1.92. The van der Waals surface area contributed by atoms with Crippen LogP contribution in [0.2, 0.25) is 0 Å². The molecule has 0 nitrogen and oxygen atoms in total. The van der Waals surface area contributed by atoms with Crippen molar-refractivity contribution in [2.45, 2.75) is 89.5 Å². The lowest BCUT2D eigenvalue weighted by atomic mass is 9.91. The second-order valence-electron chi connectivity index (χ2n) is 10.3. The molecule has 0 heterocycles. The first-order chi connectivity index (χ1) is 19.9. The fraction of sp³-hybridized carbons (Fsp3) is 0.302. The van der Waals surface area contributed by atoms with E-state index in [1.54, 1.807) is 0 Å². The van der Waals surface area contributed by atoms with Gasteiger partial charge in [0.05, 0.1) is 0 Å². The summed E-state index contributed by atoms with van der Waals surface area (Å²) in [6.07, 6.45) is 7.82. The van der Waals surface area contributed by atoms with E-state index < -0.39 is 0 Å². The Kier molecular flexibility index (Phi) is 19.0. The van der Waals surface area contributed by atoms with Crippen molar-refractivity contribution in [3.05, 3.63) is 144 Å². The van der Waals surface area contributed by atoms with E-state index in [-0.39, 0.29) is 14.9 Å². The van der Waals surface area contributed by atoms with E-state index in [1.807, 2.05) is 19.9 Å². The van der Waals surface area contributed by atoms with Crippen LogP contribution in [0, 0.1) is 13.8 Å². The van der Waals surface area contributed by atoms with Gasteiger partial charge in [0.1, 0.15) is 0 Å². The first-order valence-electron chi connectivity index (χ1n) is 15.3. The minimum absolute atomic E-state index is 0. The molecule has 0 saturated carbocycles. The van der Waals surface area contributed by atoms with Crippen LogP contribution in [-0.4, -0.2) is 0 Å². The number of rotatable bonds is 8. The van der Waals surface area contributed by atoms with E-state index in [0.717, 1.165) is 24.0 Å². The van der Waals surface area contributed by atoms with Crippen LogP contribution in [0.5, 0.6) is 0 Å². The second kappa shape index (κ2) is 20.9. The largest absolute Gasteiger partial charge is 0.0912 e. The molecule has 0 atom stereocenters. The number of hydrogen-bond donors (Lipinski definition) is 0. The monoisotopic (exact) mass is 574 g/mol. The Balaban J connectivity index is 0.00000237. The summed E-state index contributed by atoms with van der Waals surface area (Å²) in [5, 5.41) is 0. The molecule has 0 bridgehead atoms. The summed E-state index contributed by atoms with van der Waals surface area (Å²) in [7, 11) is 0. The van der Waals surface area contributed by atoms with Crippen molar-refractivity contribution in [1.29, 1.82) is 0 Å². The Morgan fingerprint density at radius 1 is 0.651 bits per heavy atom. The number of benzene rings is 4. The fourth-order valence-electron chi connectivity index (χ4n) is 4.59. The summed E-state index contributed by atoms with van der Waals surface area (Å²) < 4.78 is 0. The number of hydrogen-bond acceptors (Lipinski definition) is 0. The van der Waals surface area contributed by atoms with E-state index >= 15 is 0 Å². The van der Waals surface area contributed by atoms with Gasteiger partial charge < -0.3 is 0 Å². The molecule has 0 amide bonds. The highest BCUT2D eigenvalue weighted by Gasteiger charge is 2.09. The van der Waals surface area contributed by atoms with Gasteiger partial charge in [-0.25, -0.2) is 0 Å². The molecule has 230 valence electrons. The molecule has 0 aliphatic heterocycles. The van der Waals surface area contributed by atoms with E-state index in [2.05, 4.69) is 151 Å². The highest BCUT2D eigenvalue weighted by molar-refractivity contribution is 5.79. The fourth-order valence-corrected chi connectivity index (χ4v) is 4.59. The van der Waals surface area contributed by atoms with Crippen LogP contribution in [0.4, 0.5) is 0 Å². The molecule has 0 aliphatic rings.